The van der Waals surface area contributed by atoms with Crippen LogP contribution in [0.2, 0.25) is 0 Å². The minimum atomic E-state index is -1.35. The number of furan rings is 1. The van der Waals surface area contributed by atoms with Crippen molar-refractivity contribution in [2.45, 2.75) is 25.6 Å². The maximum atomic E-state index is 12.5. The zero-order valence-corrected chi connectivity index (χ0v) is 18.8. The number of esters is 1. The normalized spacial score (nSPS) is 12.5. The van der Waals surface area contributed by atoms with Gasteiger partial charge in [-0.25, -0.2) is 9.78 Å². The summed E-state index contributed by atoms with van der Waals surface area (Å²) in [5.41, 5.74) is -0.0683. The van der Waals surface area contributed by atoms with E-state index in [-0.39, 0.29) is 6.61 Å². The van der Waals surface area contributed by atoms with Crippen molar-refractivity contribution in [1.29, 1.82) is 0 Å². The van der Waals surface area contributed by atoms with Crippen LogP contribution in [0.5, 0.6) is 17.2 Å². The van der Waals surface area contributed by atoms with Crippen LogP contribution in [0.25, 0.3) is 22.0 Å². The molecular weight excluding hydrogens is 426 g/mol. The molecule has 4 aromatic rings. The molecule has 0 saturated carbocycles. The Bertz CT molecular complexity index is 1270. The standard InChI is InChI=1S/C25H25NO7/c1-25(2,28)19(33-24(27)15-8-6-5-7-9-15)14-32-18-11-10-16-20(22(18)30-4)26-23-17(12-13-31-23)21(16)29-3/h5-13,19,28H,14H2,1-4H3/t19-/m1/s1. The SMILES string of the molecule is COc1c2ccoc2nc2c(OC)c(OC[C@@H](OC(=O)c3ccccc3)C(C)(C)O)ccc12. The number of rotatable bonds is 8. The Morgan fingerprint density at radius 2 is 1.76 bits per heavy atom. The van der Waals surface area contributed by atoms with Gasteiger partial charge < -0.3 is 28.5 Å². The van der Waals surface area contributed by atoms with Crippen molar-refractivity contribution in [2.75, 3.05) is 20.8 Å². The molecule has 0 unspecified atom stereocenters. The highest BCUT2D eigenvalue weighted by molar-refractivity contribution is 6.02. The van der Waals surface area contributed by atoms with Crippen LogP contribution >= 0.6 is 0 Å². The number of methoxy groups -OCH3 is 2. The number of carbonyl (C=O) groups is 1. The summed E-state index contributed by atoms with van der Waals surface area (Å²) in [5, 5.41) is 12.1. The lowest BCUT2D eigenvalue weighted by atomic mass is 10.0. The first kappa shape index (κ1) is 22.4. The van der Waals surface area contributed by atoms with Gasteiger partial charge in [0.15, 0.2) is 17.6 Å². The number of fused-ring (bicyclic) bond motifs is 2. The summed E-state index contributed by atoms with van der Waals surface area (Å²) in [5.74, 6) is 0.798. The number of ether oxygens (including phenoxy) is 4. The van der Waals surface area contributed by atoms with Gasteiger partial charge in [-0.2, -0.15) is 0 Å². The first-order valence-electron chi connectivity index (χ1n) is 10.4. The average Bonchev–Trinajstić information content (AvgIpc) is 3.27. The van der Waals surface area contributed by atoms with Gasteiger partial charge in [-0.3, -0.25) is 0 Å². The minimum Gasteiger partial charge on any atom is -0.495 e. The van der Waals surface area contributed by atoms with E-state index in [4.69, 9.17) is 23.4 Å². The van der Waals surface area contributed by atoms with E-state index in [0.29, 0.717) is 34.0 Å². The molecule has 2 aromatic heterocycles. The van der Waals surface area contributed by atoms with E-state index >= 15 is 0 Å². The number of carbonyl (C=O) groups excluding carboxylic acids is 1. The second kappa shape index (κ2) is 8.99. The Hall–Kier alpha value is -3.78. The van der Waals surface area contributed by atoms with Crippen LogP contribution in [0.3, 0.4) is 0 Å². The van der Waals surface area contributed by atoms with Crippen molar-refractivity contribution in [3.63, 3.8) is 0 Å². The summed E-state index contributed by atoms with van der Waals surface area (Å²) in [7, 11) is 3.08. The van der Waals surface area contributed by atoms with Crippen molar-refractivity contribution in [1.82, 2.24) is 4.98 Å². The Balaban J connectivity index is 1.64. The molecule has 0 amide bonds. The molecule has 0 saturated heterocycles. The van der Waals surface area contributed by atoms with Gasteiger partial charge in [0.2, 0.25) is 5.71 Å². The van der Waals surface area contributed by atoms with Gasteiger partial charge in [0, 0.05) is 5.39 Å². The molecule has 0 bridgehead atoms. The number of aromatic nitrogens is 1. The molecule has 0 spiro atoms. The van der Waals surface area contributed by atoms with Gasteiger partial charge >= 0.3 is 5.97 Å². The smallest absolute Gasteiger partial charge is 0.338 e. The molecule has 0 aliphatic heterocycles. The van der Waals surface area contributed by atoms with Gasteiger partial charge in [-0.05, 0) is 44.2 Å². The lowest BCUT2D eigenvalue weighted by Gasteiger charge is -2.29. The number of pyridine rings is 1. The van der Waals surface area contributed by atoms with Gasteiger partial charge in [0.25, 0.3) is 0 Å². The van der Waals surface area contributed by atoms with E-state index in [1.807, 2.05) is 0 Å². The Morgan fingerprint density at radius 1 is 1.03 bits per heavy atom. The van der Waals surface area contributed by atoms with Crippen LogP contribution in [-0.4, -0.2) is 48.6 Å². The Labute approximate surface area is 190 Å². The van der Waals surface area contributed by atoms with Crippen molar-refractivity contribution in [3.8, 4) is 17.2 Å². The number of nitrogens with zero attached hydrogens (tertiary/aromatic N) is 1. The van der Waals surface area contributed by atoms with E-state index < -0.39 is 17.7 Å². The molecule has 0 fully saturated rings. The summed E-state index contributed by atoms with van der Waals surface area (Å²) in [6.45, 7) is 3.00. The fraction of sp³-hybridized carbons (Fsp3) is 0.280. The minimum absolute atomic E-state index is 0.107. The summed E-state index contributed by atoms with van der Waals surface area (Å²) in [6, 6.07) is 13.9. The van der Waals surface area contributed by atoms with Crippen LogP contribution in [0.4, 0.5) is 0 Å². The van der Waals surface area contributed by atoms with Crippen molar-refractivity contribution in [3.05, 3.63) is 60.4 Å². The predicted molar refractivity (Wildman–Crippen MR) is 122 cm³/mol. The lowest BCUT2D eigenvalue weighted by molar-refractivity contribution is -0.0796. The largest absolute Gasteiger partial charge is 0.495 e. The highest BCUT2D eigenvalue weighted by Crippen LogP contribution is 2.41. The first-order valence-corrected chi connectivity index (χ1v) is 10.4. The van der Waals surface area contributed by atoms with Crippen molar-refractivity contribution in [2.24, 2.45) is 0 Å². The van der Waals surface area contributed by atoms with Crippen LogP contribution in [0.15, 0.2) is 59.2 Å². The topological polar surface area (TPSA) is 100 Å². The third-order valence-electron chi connectivity index (χ3n) is 5.29. The lowest BCUT2D eigenvalue weighted by Crippen LogP contribution is -2.43. The molecule has 0 aliphatic carbocycles. The van der Waals surface area contributed by atoms with Crippen LogP contribution < -0.4 is 14.2 Å². The summed E-state index contributed by atoms with van der Waals surface area (Å²) >= 11 is 0. The molecule has 0 aliphatic rings. The zero-order chi connectivity index (χ0) is 23.6. The third-order valence-corrected chi connectivity index (χ3v) is 5.29. The molecule has 172 valence electrons. The molecule has 0 radical (unpaired) electrons. The van der Waals surface area contributed by atoms with E-state index in [2.05, 4.69) is 4.98 Å². The molecular formula is C25H25NO7. The second-order valence-corrected chi connectivity index (χ2v) is 8.00. The molecule has 8 nitrogen and oxygen atoms in total. The number of hydrogen-bond donors (Lipinski definition) is 1. The summed E-state index contributed by atoms with van der Waals surface area (Å²) < 4.78 is 28.2. The summed E-state index contributed by atoms with van der Waals surface area (Å²) in [4.78, 5) is 17.1. The van der Waals surface area contributed by atoms with E-state index in [0.717, 1.165) is 10.8 Å². The van der Waals surface area contributed by atoms with Gasteiger partial charge in [-0.1, -0.05) is 18.2 Å². The third kappa shape index (κ3) is 4.42. The van der Waals surface area contributed by atoms with E-state index in [9.17, 15) is 9.90 Å². The highest BCUT2D eigenvalue weighted by atomic mass is 16.6. The number of aliphatic hydroxyl groups is 1. The quantitative estimate of drug-likeness (QED) is 0.394. The van der Waals surface area contributed by atoms with Crippen molar-refractivity contribution >= 4 is 28.0 Å². The van der Waals surface area contributed by atoms with Crippen molar-refractivity contribution < 1.29 is 33.3 Å². The highest BCUT2D eigenvalue weighted by Gasteiger charge is 2.32. The second-order valence-electron chi connectivity index (χ2n) is 8.00. The van der Waals surface area contributed by atoms with Gasteiger partial charge in [-0.15, -0.1) is 0 Å². The molecule has 33 heavy (non-hydrogen) atoms. The summed E-state index contributed by atoms with van der Waals surface area (Å²) in [6.07, 6.45) is 0.596. The Kier molecular flexibility index (Phi) is 6.11. The first-order chi connectivity index (χ1) is 15.8. The Morgan fingerprint density at radius 3 is 2.42 bits per heavy atom. The molecule has 2 aromatic carbocycles. The predicted octanol–water partition coefficient (Wildman–Crippen LogP) is 4.37. The average molecular weight is 451 g/mol. The molecule has 8 heteroatoms. The number of benzene rings is 2. The molecule has 2 heterocycles. The maximum Gasteiger partial charge on any atom is 0.338 e. The monoisotopic (exact) mass is 451 g/mol. The van der Waals surface area contributed by atoms with Crippen LogP contribution in [-0.2, 0) is 4.74 Å². The molecule has 4 rings (SSSR count). The maximum absolute atomic E-state index is 12.5. The van der Waals surface area contributed by atoms with Gasteiger partial charge in [0.05, 0.1) is 37.0 Å². The molecule has 1 atom stereocenters. The fourth-order valence-corrected chi connectivity index (χ4v) is 3.50. The zero-order valence-electron chi connectivity index (χ0n) is 18.8. The van der Waals surface area contributed by atoms with Crippen LogP contribution in [0, 0.1) is 0 Å². The fourth-order valence-electron chi connectivity index (χ4n) is 3.50. The van der Waals surface area contributed by atoms with E-state index in [1.165, 1.54) is 13.4 Å². The molecule has 1 N–H and O–H groups in total. The number of hydrogen-bond acceptors (Lipinski definition) is 8. The van der Waals surface area contributed by atoms with Gasteiger partial charge in [0.1, 0.15) is 17.9 Å². The van der Waals surface area contributed by atoms with E-state index in [1.54, 1.807) is 69.5 Å². The van der Waals surface area contributed by atoms with Crippen LogP contribution in [0.1, 0.15) is 24.2 Å².